The molecule has 0 aliphatic heterocycles. The van der Waals surface area contributed by atoms with Crippen molar-refractivity contribution in [3.05, 3.63) is 95.1 Å². The minimum atomic E-state index is -0.281. The summed E-state index contributed by atoms with van der Waals surface area (Å²) < 4.78 is 32.9. The highest BCUT2D eigenvalue weighted by atomic mass is 19.1. The van der Waals surface area contributed by atoms with Gasteiger partial charge in [0.25, 0.3) is 0 Å². The van der Waals surface area contributed by atoms with Gasteiger partial charge in [-0.05, 0) is 35.3 Å². The van der Waals surface area contributed by atoms with Crippen molar-refractivity contribution in [1.82, 2.24) is 0 Å². The van der Waals surface area contributed by atoms with Gasteiger partial charge in [-0.3, -0.25) is 0 Å². The molecule has 1 aliphatic carbocycles. The molecular formula is C20H18F2O. The van der Waals surface area contributed by atoms with Crippen LogP contribution in [0.1, 0.15) is 17.5 Å². The summed E-state index contributed by atoms with van der Waals surface area (Å²) in [6.45, 7) is 0.469. The van der Waals surface area contributed by atoms with Gasteiger partial charge in [0, 0.05) is 6.42 Å². The summed E-state index contributed by atoms with van der Waals surface area (Å²) in [4.78, 5) is 0. The second-order valence-electron chi connectivity index (χ2n) is 5.63. The van der Waals surface area contributed by atoms with Crippen LogP contribution in [0.25, 0.3) is 0 Å². The van der Waals surface area contributed by atoms with Crippen molar-refractivity contribution >= 4 is 0 Å². The molecule has 0 N–H and O–H groups in total. The molecule has 3 heteroatoms. The molecule has 0 radical (unpaired) electrons. The van der Waals surface area contributed by atoms with E-state index in [0.717, 1.165) is 11.1 Å². The molecule has 0 spiro atoms. The van der Waals surface area contributed by atoms with Gasteiger partial charge in [-0.15, -0.1) is 0 Å². The predicted octanol–water partition coefficient (Wildman–Crippen LogP) is 5.14. The molecule has 118 valence electrons. The van der Waals surface area contributed by atoms with Crippen molar-refractivity contribution in [2.75, 3.05) is 0 Å². The van der Waals surface area contributed by atoms with Crippen LogP contribution in [0, 0.1) is 5.82 Å². The van der Waals surface area contributed by atoms with Gasteiger partial charge in [0.05, 0.1) is 12.7 Å². The molecule has 2 aromatic carbocycles. The molecule has 23 heavy (non-hydrogen) atoms. The van der Waals surface area contributed by atoms with E-state index in [2.05, 4.69) is 0 Å². The Balaban J connectivity index is 1.57. The first-order chi connectivity index (χ1) is 11.2. The van der Waals surface area contributed by atoms with E-state index in [0.29, 0.717) is 18.6 Å². The van der Waals surface area contributed by atoms with Gasteiger partial charge < -0.3 is 4.74 Å². The smallest absolute Gasteiger partial charge is 0.123 e. The van der Waals surface area contributed by atoms with Crippen LogP contribution in [0.15, 0.2) is 78.1 Å². The molecule has 1 aliphatic rings. The average Bonchev–Trinajstić information content (AvgIpc) is 2.58. The number of allylic oxidation sites excluding steroid dienone is 2. The first kappa shape index (κ1) is 15.6. The van der Waals surface area contributed by atoms with Gasteiger partial charge >= 0.3 is 0 Å². The van der Waals surface area contributed by atoms with Crippen molar-refractivity contribution in [3.8, 4) is 0 Å². The Kier molecular flexibility index (Phi) is 4.99. The van der Waals surface area contributed by atoms with Crippen molar-refractivity contribution in [2.24, 2.45) is 0 Å². The lowest BCUT2D eigenvalue weighted by molar-refractivity contribution is 0.0674. The fraction of sp³-hybridized carbons (Fsp3) is 0.200. The van der Waals surface area contributed by atoms with Gasteiger partial charge in [0.1, 0.15) is 11.6 Å². The molecule has 0 amide bonds. The van der Waals surface area contributed by atoms with Crippen molar-refractivity contribution < 1.29 is 13.5 Å². The maximum atomic E-state index is 14.3. The van der Waals surface area contributed by atoms with E-state index in [1.54, 1.807) is 18.2 Å². The van der Waals surface area contributed by atoms with Crippen LogP contribution in [-0.2, 0) is 17.8 Å². The molecule has 0 heterocycles. The van der Waals surface area contributed by atoms with Crippen LogP contribution in [0.2, 0.25) is 0 Å². The fourth-order valence-electron chi connectivity index (χ4n) is 2.56. The highest BCUT2D eigenvalue weighted by Crippen LogP contribution is 2.25. The standard InChI is InChI=1S/C20H18F2O/c21-18-9-6-15(7-10-18)12-17-8-11-19(13-20(17)22)23-14-16-4-2-1-3-5-16/h1-11,19H,12-14H2. The summed E-state index contributed by atoms with van der Waals surface area (Å²) in [6.07, 6.45) is 4.14. The van der Waals surface area contributed by atoms with Gasteiger partial charge in [-0.2, -0.15) is 0 Å². The largest absolute Gasteiger partial charge is 0.369 e. The molecule has 2 aromatic rings. The number of ether oxygens (including phenoxy) is 1. The van der Waals surface area contributed by atoms with Crippen LogP contribution in [0.5, 0.6) is 0 Å². The lowest BCUT2D eigenvalue weighted by Crippen LogP contribution is -2.14. The molecule has 1 atom stereocenters. The Morgan fingerprint density at radius 3 is 2.35 bits per heavy atom. The maximum absolute atomic E-state index is 14.3. The van der Waals surface area contributed by atoms with Crippen LogP contribution in [0.3, 0.4) is 0 Å². The minimum absolute atomic E-state index is 0.158. The quantitative estimate of drug-likeness (QED) is 0.743. The summed E-state index contributed by atoms with van der Waals surface area (Å²) in [5.41, 5.74) is 2.60. The van der Waals surface area contributed by atoms with E-state index in [9.17, 15) is 8.78 Å². The third kappa shape index (κ3) is 4.36. The van der Waals surface area contributed by atoms with Crippen LogP contribution in [-0.4, -0.2) is 6.10 Å². The SMILES string of the molecule is FC1=C(Cc2ccc(F)cc2)C=CC(OCc2ccccc2)C1. The van der Waals surface area contributed by atoms with Crippen molar-refractivity contribution in [2.45, 2.75) is 25.6 Å². The van der Waals surface area contributed by atoms with E-state index >= 15 is 0 Å². The zero-order valence-corrected chi connectivity index (χ0v) is 12.7. The number of halogens is 2. The average molecular weight is 312 g/mol. The van der Waals surface area contributed by atoms with Gasteiger partial charge in [0.2, 0.25) is 0 Å². The van der Waals surface area contributed by atoms with Crippen molar-refractivity contribution in [3.63, 3.8) is 0 Å². The predicted molar refractivity (Wildman–Crippen MR) is 87.0 cm³/mol. The first-order valence-electron chi connectivity index (χ1n) is 7.66. The summed E-state index contributed by atoms with van der Waals surface area (Å²) in [5, 5.41) is 0. The van der Waals surface area contributed by atoms with Gasteiger partial charge in [0.15, 0.2) is 0 Å². The van der Waals surface area contributed by atoms with E-state index in [1.165, 1.54) is 12.1 Å². The Morgan fingerprint density at radius 2 is 1.65 bits per heavy atom. The van der Waals surface area contributed by atoms with Gasteiger partial charge in [-0.25, -0.2) is 8.78 Å². The molecular weight excluding hydrogens is 294 g/mol. The van der Waals surface area contributed by atoms with Gasteiger partial charge in [-0.1, -0.05) is 54.6 Å². The Hall–Kier alpha value is -2.26. The molecule has 0 aromatic heterocycles. The molecule has 0 fully saturated rings. The Morgan fingerprint density at radius 1 is 0.913 bits per heavy atom. The fourth-order valence-corrected chi connectivity index (χ4v) is 2.56. The molecule has 3 rings (SSSR count). The monoisotopic (exact) mass is 312 g/mol. The highest BCUT2D eigenvalue weighted by molar-refractivity contribution is 5.34. The minimum Gasteiger partial charge on any atom is -0.369 e. The number of benzene rings is 2. The van der Waals surface area contributed by atoms with Crippen LogP contribution >= 0.6 is 0 Å². The van der Waals surface area contributed by atoms with E-state index < -0.39 is 0 Å². The number of rotatable bonds is 5. The van der Waals surface area contributed by atoms with E-state index in [-0.39, 0.29) is 24.2 Å². The zero-order chi connectivity index (χ0) is 16.1. The second kappa shape index (κ2) is 7.34. The third-order valence-corrected chi connectivity index (χ3v) is 3.86. The second-order valence-corrected chi connectivity index (χ2v) is 5.63. The molecule has 0 bridgehead atoms. The van der Waals surface area contributed by atoms with E-state index in [1.807, 2.05) is 36.4 Å². The summed E-state index contributed by atoms with van der Waals surface area (Å²) in [5.74, 6) is -0.438. The molecule has 0 saturated carbocycles. The zero-order valence-electron chi connectivity index (χ0n) is 12.7. The van der Waals surface area contributed by atoms with Crippen LogP contribution in [0.4, 0.5) is 8.78 Å². The Bertz CT molecular complexity index is 702. The van der Waals surface area contributed by atoms with Crippen LogP contribution < -0.4 is 0 Å². The molecule has 0 saturated heterocycles. The topological polar surface area (TPSA) is 9.23 Å². The van der Waals surface area contributed by atoms with E-state index in [4.69, 9.17) is 4.74 Å². The number of hydrogen-bond acceptors (Lipinski definition) is 1. The molecule has 1 nitrogen and oxygen atoms in total. The summed E-state index contributed by atoms with van der Waals surface area (Å²) in [6, 6.07) is 16.0. The van der Waals surface area contributed by atoms with Crippen molar-refractivity contribution in [1.29, 1.82) is 0 Å². The Labute approximate surface area is 134 Å². The normalized spacial score (nSPS) is 17.6. The molecule has 1 unspecified atom stereocenters. The number of hydrogen-bond donors (Lipinski definition) is 0. The third-order valence-electron chi connectivity index (χ3n) is 3.86. The summed E-state index contributed by atoms with van der Waals surface area (Å²) in [7, 11) is 0. The lowest BCUT2D eigenvalue weighted by Gasteiger charge is -2.19. The highest BCUT2D eigenvalue weighted by Gasteiger charge is 2.17. The summed E-state index contributed by atoms with van der Waals surface area (Å²) >= 11 is 0. The first-order valence-corrected chi connectivity index (χ1v) is 7.66. The maximum Gasteiger partial charge on any atom is 0.123 e. The lowest BCUT2D eigenvalue weighted by atomic mass is 9.97.